The first-order valence-electron chi connectivity index (χ1n) is 8.42. The van der Waals surface area contributed by atoms with Gasteiger partial charge in [0.05, 0.1) is 12.2 Å². The molecule has 2 rings (SSSR count). The van der Waals surface area contributed by atoms with Gasteiger partial charge < -0.3 is 16.0 Å². The first kappa shape index (κ1) is 17.2. The molecule has 0 unspecified atom stereocenters. The lowest BCUT2D eigenvalue weighted by Crippen LogP contribution is -2.40. The number of hydrogen-bond acceptors (Lipinski definition) is 3. The Hall–Kier alpha value is -2.11. The highest BCUT2D eigenvalue weighted by atomic mass is 16.2. The standard InChI is InChI=1S/C17H26N4O2/c22-16(12-14-6-2-1-3-7-14)19-10-11-20-17(23)21-13-15-8-4-5-9-18-15/h4-5,8-9,14H,1-3,6-7,10-13H2,(H,19,22)(H2,20,21,23). The molecule has 0 saturated heterocycles. The monoisotopic (exact) mass is 318 g/mol. The zero-order chi connectivity index (χ0) is 16.3. The Balaban J connectivity index is 1.50. The van der Waals surface area contributed by atoms with Crippen LogP contribution in [0.25, 0.3) is 0 Å². The van der Waals surface area contributed by atoms with E-state index < -0.39 is 0 Å². The van der Waals surface area contributed by atoms with Gasteiger partial charge in [0.25, 0.3) is 0 Å². The summed E-state index contributed by atoms with van der Waals surface area (Å²) in [5.41, 5.74) is 0.809. The topological polar surface area (TPSA) is 83.1 Å². The van der Waals surface area contributed by atoms with Gasteiger partial charge in [0.15, 0.2) is 0 Å². The summed E-state index contributed by atoms with van der Waals surface area (Å²) in [4.78, 5) is 27.6. The van der Waals surface area contributed by atoms with Gasteiger partial charge in [-0.2, -0.15) is 0 Å². The van der Waals surface area contributed by atoms with Crippen LogP contribution in [0.1, 0.15) is 44.2 Å². The molecule has 6 nitrogen and oxygen atoms in total. The van der Waals surface area contributed by atoms with Crippen LogP contribution in [-0.4, -0.2) is 30.0 Å². The summed E-state index contributed by atoms with van der Waals surface area (Å²) in [5.74, 6) is 0.631. The van der Waals surface area contributed by atoms with E-state index in [1.54, 1.807) is 6.20 Å². The van der Waals surface area contributed by atoms with E-state index in [9.17, 15) is 9.59 Å². The number of aromatic nitrogens is 1. The van der Waals surface area contributed by atoms with Crippen molar-refractivity contribution in [3.8, 4) is 0 Å². The molecular formula is C17H26N4O2. The minimum Gasteiger partial charge on any atom is -0.354 e. The normalized spacial score (nSPS) is 15.0. The van der Waals surface area contributed by atoms with E-state index >= 15 is 0 Å². The highest BCUT2D eigenvalue weighted by Gasteiger charge is 2.16. The Kier molecular flexibility index (Phi) is 7.36. The van der Waals surface area contributed by atoms with Gasteiger partial charge in [-0.05, 0) is 30.9 Å². The lowest BCUT2D eigenvalue weighted by molar-refractivity contribution is -0.122. The quantitative estimate of drug-likeness (QED) is 0.672. The van der Waals surface area contributed by atoms with E-state index in [4.69, 9.17) is 0 Å². The van der Waals surface area contributed by atoms with E-state index in [1.807, 2.05) is 18.2 Å². The molecule has 1 fully saturated rings. The van der Waals surface area contributed by atoms with Crippen LogP contribution < -0.4 is 16.0 Å². The van der Waals surface area contributed by atoms with Crippen LogP contribution in [0.2, 0.25) is 0 Å². The maximum absolute atomic E-state index is 11.8. The molecule has 1 aromatic rings. The van der Waals surface area contributed by atoms with Crippen molar-refractivity contribution in [2.24, 2.45) is 5.92 Å². The van der Waals surface area contributed by atoms with Crippen molar-refractivity contribution in [1.82, 2.24) is 20.9 Å². The van der Waals surface area contributed by atoms with E-state index in [0.717, 1.165) is 5.69 Å². The van der Waals surface area contributed by atoms with Crippen LogP contribution in [0, 0.1) is 5.92 Å². The molecule has 0 spiro atoms. The summed E-state index contributed by atoms with van der Waals surface area (Å²) in [6, 6.07) is 5.31. The Morgan fingerprint density at radius 2 is 1.83 bits per heavy atom. The maximum atomic E-state index is 11.8. The number of nitrogens with zero attached hydrogens (tertiary/aromatic N) is 1. The number of pyridine rings is 1. The summed E-state index contributed by atoms with van der Waals surface area (Å²) in [6.07, 6.45) is 8.44. The Bertz CT molecular complexity index is 487. The van der Waals surface area contributed by atoms with E-state index in [2.05, 4.69) is 20.9 Å². The molecule has 0 radical (unpaired) electrons. The molecule has 0 bridgehead atoms. The van der Waals surface area contributed by atoms with Crippen LogP contribution >= 0.6 is 0 Å². The van der Waals surface area contributed by atoms with Gasteiger partial charge in [0.2, 0.25) is 5.91 Å². The van der Waals surface area contributed by atoms with Gasteiger partial charge in [-0.25, -0.2) is 4.79 Å². The van der Waals surface area contributed by atoms with Crippen molar-refractivity contribution in [3.05, 3.63) is 30.1 Å². The summed E-state index contributed by atoms with van der Waals surface area (Å²) in [5, 5.41) is 8.31. The Morgan fingerprint density at radius 3 is 2.57 bits per heavy atom. The minimum absolute atomic E-state index is 0.0904. The number of carbonyl (C=O) groups is 2. The van der Waals surface area contributed by atoms with Gasteiger partial charge in [-0.3, -0.25) is 9.78 Å². The number of nitrogens with one attached hydrogen (secondary N) is 3. The molecular weight excluding hydrogens is 292 g/mol. The van der Waals surface area contributed by atoms with Crippen molar-refractivity contribution in [2.45, 2.75) is 45.1 Å². The molecule has 1 aliphatic rings. The van der Waals surface area contributed by atoms with Crippen molar-refractivity contribution in [2.75, 3.05) is 13.1 Å². The second kappa shape index (κ2) is 9.82. The lowest BCUT2D eigenvalue weighted by atomic mass is 9.87. The van der Waals surface area contributed by atoms with Gasteiger partial charge in [0, 0.05) is 25.7 Å². The third-order valence-corrected chi connectivity index (χ3v) is 4.09. The summed E-state index contributed by atoms with van der Waals surface area (Å²) in [6.45, 7) is 1.27. The summed E-state index contributed by atoms with van der Waals surface area (Å²) in [7, 11) is 0. The highest BCUT2D eigenvalue weighted by Crippen LogP contribution is 2.25. The second-order valence-corrected chi connectivity index (χ2v) is 5.99. The van der Waals surface area contributed by atoms with Crippen molar-refractivity contribution in [3.63, 3.8) is 0 Å². The van der Waals surface area contributed by atoms with Gasteiger partial charge in [-0.15, -0.1) is 0 Å². The largest absolute Gasteiger partial charge is 0.354 e. The van der Waals surface area contributed by atoms with Crippen LogP contribution in [0.4, 0.5) is 4.79 Å². The van der Waals surface area contributed by atoms with Gasteiger partial charge in [0.1, 0.15) is 0 Å². The fourth-order valence-electron chi connectivity index (χ4n) is 2.84. The highest BCUT2D eigenvalue weighted by molar-refractivity contribution is 5.76. The zero-order valence-corrected chi connectivity index (χ0v) is 13.5. The predicted octanol–water partition coefficient (Wildman–Crippen LogP) is 1.97. The van der Waals surface area contributed by atoms with Crippen LogP contribution in [-0.2, 0) is 11.3 Å². The van der Waals surface area contributed by atoms with Crippen molar-refractivity contribution >= 4 is 11.9 Å². The van der Waals surface area contributed by atoms with Crippen LogP contribution in [0.15, 0.2) is 24.4 Å². The second-order valence-electron chi connectivity index (χ2n) is 5.99. The van der Waals surface area contributed by atoms with Crippen molar-refractivity contribution in [1.29, 1.82) is 0 Å². The van der Waals surface area contributed by atoms with Crippen LogP contribution in [0.3, 0.4) is 0 Å². The molecule has 1 heterocycles. The molecule has 0 atom stereocenters. The third kappa shape index (κ3) is 7.13. The number of carbonyl (C=O) groups excluding carboxylic acids is 2. The maximum Gasteiger partial charge on any atom is 0.315 e. The van der Waals surface area contributed by atoms with E-state index in [0.29, 0.717) is 32.0 Å². The van der Waals surface area contributed by atoms with Crippen molar-refractivity contribution < 1.29 is 9.59 Å². The number of amides is 3. The molecule has 3 N–H and O–H groups in total. The third-order valence-electron chi connectivity index (χ3n) is 4.09. The Labute approximate surface area is 137 Å². The predicted molar refractivity (Wildman–Crippen MR) is 88.7 cm³/mol. The lowest BCUT2D eigenvalue weighted by Gasteiger charge is -2.20. The summed E-state index contributed by atoms with van der Waals surface area (Å²) >= 11 is 0. The molecule has 0 aromatic carbocycles. The average molecular weight is 318 g/mol. The number of rotatable bonds is 7. The molecule has 1 aromatic heterocycles. The van der Waals surface area contributed by atoms with Gasteiger partial charge in [-0.1, -0.05) is 25.3 Å². The van der Waals surface area contributed by atoms with E-state index in [1.165, 1.54) is 32.1 Å². The molecule has 23 heavy (non-hydrogen) atoms. The van der Waals surface area contributed by atoms with Gasteiger partial charge >= 0.3 is 6.03 Å². The van der Waals surface area contributed by atoms with Crippen LogP contribution in [0.5, 0.6) is 0 Å². The van der Waals surface area contributed by atoms with E-state index in [-0.39, 0.29) is 11.9 Å². The fourth-order valence-corrected chi connectivity index (χ4v) is 2.84. The smallest absolute Gasteiger partial charge is 0.315 e. The number of urea groups is 1. The summed E-state index contributed by atoms with van der Waals surface area (Å²) < 4.78 is 0. The molecule has 126 valence electrons. The molecule has 1 aliphatic carbocycles. The molecule has 1 saturated carbocycles. The first-order chi connectivity index (χ1) is 11.2. The molecule has 0 aliphatic heterocycles. The molecule has 3 amide bonds. The zero-order valence-electron chi connectivity index (χ0n) is 13.5. The average Bonchev–Trinajstić information content (AvgIpc) is 2.59. The SMILES string of the molecule is O=C(CC1CCCCC1)NCCNC(=O)NCc1ccccn1. The number of hydrogen-bond donors (Lipinski definition) is 3. The Morgan fingerprint density at radius 1 is 1.04 bits per heavy atom. The fraction of sp³-hybridized carbons (Fsp3) is 0.588. The molecule has 6 heteroatoms. The minimum atomic E-state index is -0.253. The first-order valence-corrected chi connectivity index (χ1v) is 8.42.